The number of carbonyl (C=O) groups is 1. The van der Waals surface area contributed by atoms with Crippen molar-refractivity contribution in [1.82, 2.24) is 4.90 Å². The Morgan fingerprint density at radius 1 is 1.21 bits per heavy atom. The summed E-state index contributed by atoms with van der Waals surface area (Å²) in [6.45, 7) is 4.12. The van der Waals surface area contributed by atoms with Crippen LogP contribution in [-0.4, -0.2) is 44.2 Å². The molecule has 1 aliphatic rings. The van der Waals surface area contributed by atoms with Gasteiger partial charge in [-0.3, -0.25) is 9.69 Å². The molecule has 1 fully saturated rings. The fraction of sp³-hybridized carbons (Fsp3) is 0.364. The second kappa shape index (κ2) is 8.87. The lowest BCUT2D eigenvalue weighted by Crippen LogP contribution is -2.55. The Morgan fingerprint density at radius 3 is 2.71 bits per heavy atom. The van der Waals surface area contributed by atoms with Crippen molar-refractivity contribution in [2.45, 2.75) is 26.1 Å². The molecule has 0 aliphatic carbocycles. The van der Waals surface area contributed by atoms with Gasteiger partial charge in [0, 0.05) is 31.8 Å². The quantitative estimate of drug-likeness (QED) is 0.772. The average Bonchev–Trinajstić information content (AvgIpc) is 2.71. The third-order valence-corrected chi connectivity index (χ3v) is 5.06. The van der Waals surface area contributed by atoms with Crippen LogP contribution in [0.5, 0.6) is 5.75 Å². The van der Waals surface area contributed by atoms with E-state index in [1.54, 1.807) is 25.2 Å². The van der Waals surface area contributed by atoms with Gasteiger partial charge in [-0.1, -0.05) is 18.2 Å². The van der Waals surface area contributed by atoms with Crippen LogP contribution in [0.15, 0.2) is 42.5 Å². The number of benzene rings is 2. The molecule has 0 unspecified atom stereocenters. The molecule has 1 amide bonds. The normalized spacial score (nSPS) is 17.4. The zero-order valence-corrected chi connectivity index (χ0v) is 16.5. The van der Waals surface area contributed by atoms with E-state index < -0.39 is 0 Å². The van der Waals surface area contributed by atoms with Crippen molar-refractivity contribution in [3.8, 4) is 11.8 Å². The highest BCUT2D eigenvalue weighted by molar-refractivity contribution is 5.96. The van der Waals surface area contributed by atoms with Crippen LogP contribution >= 0.6 is 0 Å². The van der Waals surface area contributed by atoms with Gasteiger partial charge in [-0.15, -0.1) is 0 Å². The number of anilines is 1. The number of carbonyl (C=O) groups excluding carboxylic acids is 1. The minimum absolute atomic E-state index is 0.00595. The van der Waals surface area contributed by atoms with Crippen molar-refractivity contribution in [2.24, 2.45) is 0 Å². The summed E-state index contributed by atoms with van der Waals surface area (Å²) in [6, 6.07) is 15.6. The molecule has 1 heterocycles. The maximum Gasteiger partial charge on any atom is 0.241 e. The van der Waals surface area contributed by atoms with Crippen molar-refractivity contribution in [3.63, 3.8) is 0 Å². The van der Waals surface area contributed by atoms with Crippen LogP contribution in [0, 0.1) is 11.3 Å². The summed E-state index contributed by atoms with van der Waals surface area (Å²) in [4.78, 5) is 16.7. The zero-order valence-electron chi connectivity index (χ0n) is 16.5. The van der Waals surface area contributed by atoms with E-state index in [4.69, 9.17) is 9.47 Å². The molecule has 0 aromatic heterocycles. The molecular weight excluding hydrogens is 354 g/mol. The van der Waals surface area contributed by atoms with Crippen molar-refractivity contribution < 1.29 is 14.3 Å². The van der Waals surface area contributed by atoms with Gasteiger partial charge >= 0.3 is 0 Å². The monoisotopic (exact) mass is 379 g/mol. The largest absolute Gasteiger partial charge is 0.496 e. The summed E-state index contributed by atoms with van der Waals surface area (Å²) >= 11 is 0. The average molecular weight is 379 g/mol. The van der Waals surface area contributed by atoms with Gasteiger partial charge < -0.3 is 14.4 Å². The van der Waals surface area contributed by atoms with Gasteiger partial charge in [-0.05, 0) is 36.8 Å². The summed E-state index contributed by atoms with van der Waals surface area (Å²) in [6.07, 6.45) is 0. The molecule has 1 aliphatic heterocycles. The third-order valence-electron chi connectivity index (χ3n) is 5.06. The van der Waals surface area contributed by atoms with Crippen molar-refractivity contribution >= 4 is 11.6 Å². The molecule has 0 N–H and O–H groups in total. The standard InChI is InChI=1S/C22H25N3O3/c1-16-12-25(20-7-5-4-6-18(20)11-23)22(26)14-24(16)13-17-8-9-21(28-3)19(10-17)15-27-2/h4-10,16H,12-15H2,1-3H3/t16-/m1/s1. The minimum Gasteiger partial charge on any atom is -0.496 e. The molecule has 0 bridgehead atoms. The second-order valence-corrected chi connectivity index (χ2v) is 6.97. The first-order valence-electron chi connectivity index (χ1n) is 9.25. The molecule has 6 nitrogen and oxygen atoms in total. The Balaban J connectivity index is 1.76. The van der Waals surface area contributed by atoms with Gasteiger partial charge in [0.25, 0.3) is 0 Å². The number of nitriles is 1. The van der Waals surface area contributed by atoms with Crippen LogP contribution in [0.2, 0.25) is 0 Å². The molecule has 146 valence electrons. The highest BCUT2D eigenvalue weighted by Crippen LogP contribution is 2.26. The van der Waals surface area contributed by atoms with Crippen LogP contribution in [0.1, 0.15) is 23.6 Å². The first kappa shape index (κ1) is 19.9. The first-order valence-corrected chi connectivity index (χ1v) is 9.25. The number of methoxy groups -OCH3 is 2. The van der Waals surface area contributed by atoms with Gasteiger partial charge in [0.1, 0.15) is 11.8 Å². The molecular formula is C22H25N3O3. The maximum absolute atomic E-state index is 12.8. The second-order valence-electron chi connectivity index (χ2n) is 6.97. The number of piperazine rings is 1. The summed E-state index contributed by atoms with van der Waals surface area (Å²) < 4.78 is 10.6. The summed E-state index contributed by atoms with van der Waals surface area (Å²) in [7, 11) is 3.30. The number of rotatable bonds is 6. The Kier molecular flexibility index (Phi) is 6.30. The van der Waals surface area contributed by atoms with Crippen LogP contribution < -0.4 is 9.64 Å². The third kappa shape index (κ3) is 4.16. The van der Waals surface area contributed by atoms with Gasteiger partial charge in [0.05, 0.1) is 31.5 Å². The lowest BCUT2D eigenvalue weighted by Gasteiger charge is -2.39. The predicted molar refractivity (Wildman–Crippen MR) is 107 cm³/mol. The lowest BCUT2D eigenvalue weighted by molar-refractivity contribution is -0.122. The molecule has 1 saturated heterocycles. The molecule has 0 radical (unpaired) electrons. The lowest BCUT2D eigenvalue weighted by atomic mass is 10.1. The van der Waals surface area contributed by atoms with Crippen LogP contribution in [0.25, 0.3) is 0 Å². The van der Waals surface area contributed by atoms with Gasteiger partial charge in [0.2, 0.25) is 5.91 Å². The molecule has 3 rings (SSSR count). The van der Waals surface area contributed by atoms with E-state index in [-0.39, 0.29) is 11.9 Å². The van der Waals surface area contributed by atoms with Crippen LogP contribution in [0.3, 0.4) is 0 Å². The smallest absolute Gasteiger partial charge is 0.241 e. The number of ether oxygens (including phenoxy) is 2. The molecule has 2 aromatic rings. The molecule has 0 spiro atoms. The molecule has 1 atom stereocenters. The summed E-state index contributed by atoms with van der Waals surface area (Å²) in [5.41, 5.74) is 3.31. The van der Waals surface area contributed by atoms with Crippen LogP contribution in [0.4, 0.5) is 5.69 Å². The maximum atomic E-state index is 12.8. The Hall–Kier alpha value is -2.88. The summed E-state index contributed by atoms with van der Waals surface area (Å²) in [5, 5.41) is 9.34. The first-order chi connectivity index (χ1) is 13.6. The minimum atomic E-state index is 0.00595. The van der Waals surface area contributed by atoms with Gasteiger partial charge in [-0.25, -0.2) is 0 Å². The highest BCUT2D eigenvalue weighted by Gasteiger charge is 2.31. The highest BCUT2D eigenvalue weighted by atomic mass is 16.5. The Bertz CT molecular complexity index is 891. The van der Waals surface area contributed by atoms with E-state index in [0.29, 0.717) is 37.5 Å². The van der Waals surface area contributed by atoms with Crippen molar-refractivity contribution in [3.05, 3.63) is 59.2 Å². The number of para-hydroxylation sites is 1. The SMILES string of the molecule is COCc1cc(CN2CC(=O)N(c3ccccc3C#N)C[C@H]2C)ccc1OC. The zero-order chi connectivity index (χ0) is 20.1. The Labute approximate surface area is 165 Å². The van der Waals surface area contributed by atoms with Crippen molar-refractivity contribution in [2.75, 3.05) is 32.2 Å². The molecule has 2 aromatic carbocycles. The summed E-state index contributed by atoms with van der Waals surface area (Å²) in [5.74, 6) is 0.805. The van der Waals surface area contributed by atoms with Gasteiger partial charge in [-0.2, -0.15) is 5.26 Å². The molecule has 6 heteroatoms. The van der Waals surface area contributed by atoms with Gasteiger partial charge in [0.15, 0.2) is 0 Å². The van der Waals surface area contributed by atoms with E-state index in [1.165, 1.54) is 0 Å². The van der Waals surface area contributed by atoms with Crippen LogP contribution in [-0.2, 0) is 22.7 Å². The Morgan fingerprint density at radius 2 is 2.00 bits per heavy atom. The predicted octanol–water partition coefficient (Wildman–Crippen LogP) is 2.95. The fourth-order valence-electron chi connectivity index (χ4n) is 3.58. The van der Waals surface area contributed by atoms with E-state index in [2.05, 4.69) is 24.0 Å². The van der Waals surface area contributed by atoms with E-state index in [0.717, 1.165) is 16.9 Å². The molecule has 0 saturated carbocycles. The molecule has 28 heavy (non-hydrogen) atoms. The number of amides is 1. The van der Waals surface area contributed by atoms with E-state index in [9.17, 15) is 10.1 Å². The fourth-order valence-corrected chi connectivity index (χ4v) is 3.58. The van der Waals surface area contributed by atoms with E-state index >= 15 is 0 Å². The number of hydrogen-bond donors (Lipinski definition) is 0. The number of nitrogens with zero attached hydrogens (tertiary/aromatic N) is 3. The topological polar surface area (TPSA) is 65.8 Å². The van der Waals surface area contributed by atoms with Crippen molar-refractivity contribution in [1.29, 1.82) is 5.26 Å². The number of hydrogen-bond acceptors (Lipinski definition) is 5. The van der Waals surface area contributed by atoms with E-state index in [1.807, 2.05) is 30.3 Å².